The van der Waals surface area contributed by atoms with Crippen LogP contribution in [-0.4, -0.2) is 44.6 Å². The van der Waals surface area contributed by atoms with Crippen LogP contribution in [0.5, 0.6) is 0 Å². The molecule has 0 radical (unpaired) electrons. The van der Waals surface area contributed by atoms with Crippen LogP contribution < -0.4 is 11.1 Å². The largest absolute Gasteiger partial charge is 0.398 e. The third kappa shape index (κ3) is 3.43. The van der Waals surface area contributed by atoms with Crippen LogP contribution in [0.25, 0.3) is 22.0 Å². The molecule has 0 spiro atoms. The normalized spacial score (nSPS) is 18.8. The molecule has 162 valence electrons. The monoisotopic (exact) mass is 460 g/mol. The van der Waals surface area contributed by atoms with E-state index in [1.807, 2.05) is 4.90 Å². The average molecular weight is 461 g/mol. The highest BCUT2D eigenvalue weighted by Gasteiger charge is 2.31. The smallest absolute Gasteiger partial charge is 0.223 e. The van der Waals surface area contributed by atoms with Gasteiger partial charge in [0.15, 0.2) is 0 Å². The first-order valence-corrected chi connectivity index (χ1v) is 11.0. The Labute approximate surface area is 188 Å². The number of rotatable bonds is 3. The molecule has 1 aromatic carbocycles. The number of amides is 2. The van der Waals surface area contributed by atoms with E-state index in [2.05, 4.69) is 20.1 Å². The van der Waals surface area contributed by atoms with E-state index < -0.39 is 0 Å². The van der Waals surface area contributed by atoms with Gasteiger partial charge in [0, 0.05) is 66.6 Å². The van der Waals surface area contributed by atoms with E-state index in [0.29, 0.717) is 54.8 Å². The minimum Gasteiger partial charge on any atom is -0.398 e. The maximum absolute atomic E-state index is 13.1. The van der Waals surface area contributed by atoms with Crippen molar-refractivity contribution in [2.24, 2.45) is 5.92 Å². The van der Waals surface area contributed by atoms with E-state index in [1.54, 1.807) is 18.5 Å². The predicted octanol–water partition coefficient (Wildman–Crippen LogP) is 3.18. The highest BCUT2D eigenvalue weighted by Crippen LogP contribution is 2.45. The Kier molecular flexibility index (Phi) is 5.06. The molecule has 4 heterocycles. The molecule has 31 heavy (non-hydrogen) atoms. The molecule has 2 amide bonds. The number of aromatic nitrogens is 3. The second kappa shape index (κ2) is 7.76. The SMILES string of the molecule is Nc1cc(Cl)c(Cl)c2c1c(-c1cn[nH]c1)c1n2CCN(C(=O)CC2CCNC(=O)C2)C1. The first-order valence-electron chi connectivity index (χ1n) is 10.3. The minimum atomic E-state index is 0.0204. The number of hydrogen-bond acceptors (Lipinski definition) is 4. The molecule has 3 aromatic rings. The molecule has 2 aromatic heterocycles. The summed E-state index contributed by atoms with van der Waals surface area (Å²) in [6, 6.07) is 1.67. The molecule has 0 bridgehead atoms. The third-order valence-electron chi connectivity index (χ3n) is 6.25. The van der Waals surface area contributed by atoms with Crippen molar-refractivity contribution in [3.05, 3.63) is 34.2 Å². The van der Waals surface area contributed by atoms with E-state index in [4.69, 9.17) is 28.9 Å². The number of fused-ring (bicyclic) bond motifs is 3. The van der Waals surface area contributed by atoms with Gasteiger partial charge in [-0.15, -0.1) is 0 Å². The van der Waals surface area contributed by atoms with Crippen molar-refractivity contribution in [1.29, 1.82) is 0 Å². The number of nitrogens with two attached hydrogens (primary N) is 1. The number of H-pyrrole nitrogens is 1. The van der Waals surface area contributed by atoms with Gasteiger partial charge in [-0.05, 0) is 18.4 Å². The fourth-order valence-corrected chi connectivity index (χ4v) is 5.23. The van der Waals surface area contributed by atoms with Crippen molar-refractivity contribution in [3.8, 4) is 11.1 Å². The Morgan fingerprint density at radius 1 is 1.32 bits per heavy atom. The lowest BCUT2D eigenvalue weighted by atomic mass is 9.93. The lowest BCUT2D eigenvalue weighted by Gasteiger charge is -2.31. The Hall–Kier alpha value is -2.71. The van der Waals surface area contributed by atoms with E-state index in [0.717, 1.165) is 34.1 Å². The second-order valence-corrected chi connectivity index (χ2v) is 8.96. The van der Waals surface area contributed by atoms with E-state index in [-0.39, 0.29) is 17.7 Å². The number of carbonyl (C=O) groups is 2. The summed E-state index contributed by atoms with van der Waals surface area (Å²) in [5.41, 5.74) is 10.4. The number of benzene rings is 1. The van der Waals surface area contributed by atoms with Crippen LogP contribution in [0, 0.1) is 5.92 Å². The zero-order valence-corrected chi connectivity index (χ0v) is 18.3. The highest BCUT2D eigenvalue weighted by molar-refractivity contribution is 6.46. The molecule has 1 atom stereocenters. The van der Waals surface area contributed by atoms with Crippen LogP contribution in [0.15, 0.2) is 18.5 Å². The number of halogens is 2. The number of nitrogens with zero attached hydrogens (tertiary/aromatic N) is 3. The fourth-order valence-electron chi connectivity index (χ4n) is 4.77. The number of piperidine rings is 1. The van der Waals surface area contributed by atoms with Crippen LogP contribution in [0.3, 0.4) is 0 Å². The minimum absolute atomic E-state index is 0.0204. The van der Waals surface area contributed by atoms with Crippen molar-refractivity contribution < 1.29 is 9.59 Å². The molecule has 8 nitrogen and oxygen atoms in total. The van der Waals surface area contributed by atoms with E-state index in [9.17, 15) is 9.59 Å². The summed E-state index contributed by atoms with van der Waals surface area (Å²) in [5, 5.41) is 11.4. The topological polar surface area (TPSA) is 109 Å². The third-order valence-corrected chi connectivity index (χ3v) is 7.02. The number of anilines is 1. The van der Waals surface area contributed by atoms with Gasteiger partial charge in [0.1, 0.15) is 0 Å². The molecule has 0 saturated carbocycles. The number of nitrogen functional groups attached to an aromatic ring is 1. The van der Waals surface area contributed by atoms with Gasteiger partial charge in [0.05, 0.1) is 28.3 Å². The average Bonchev–Trinajstić information content (AvgIpc) is 3.37. The molecule has 10 heteroatoms. The van der Waals surface area contributed by atoms with Gasteiger partial charge in [0.2, 0.25) is 11.8 Å². The van der Waals surface area contributed by atoms with Gasteiger partial charge in [-0.2, -0.15) is 5.10 Å². The number of aromatic amines is 1. The van der Waals surface area contributed by atoms with Gasteiger partial charge in [-0.3, -0.25) is 14.7 Å². The molecule has 1 unspecified atom stereocenters. The zero-order chi connectivity index (χ0) is 21.7. The highest BCUT2D eigenvalue weighted by atomic mass is 35.5. The first kappa shape index (κ1) is 20.2. The van der Waals surface area contributed by atoms with Gasteiger partial charge < -0.3 is 20.5 Å². The molecule has 0 aliphatic carbocycles. The zero-order valence-electron chi connectivity index (χ0n) is 16.8. The Morgan fingerprint density at radius 2 is 2.16 bits per heavy atom. The quantitative estimate of drug-likeness (QED) is 0.521. The Bertz CT molecular complexity index is 1190. The van der Waals surface area contributed by atoms with Crippen molar-refractivity contribution in [3.63, 3.8) is 0 Å². The number of carbonyl (C=O) groups excluding carboxylic acids is 2. The van der Waals surface area contributed by atoms with Gasteiger partial charge in [-0.25, -0.2) is 0 Å². The van der Waals surface area contributed by atoms with Crippen molar-refractivity contribution in [2.75, 3.05) is 18.8 Å². The summed E-state index contributed by atoms with van der Waals surface area (Å²) in [4.78, 5) is 26.6. The lowest BCUT2D eigenvalue weighted by molar-refractivity contribution is -0.134. The molecule has 1 saturated heterocycles. The molecular formula is C21H22Cl2N6O2. The maximum Gasteiger partial charge on any atom is 0.223 e. The summed E-state index contributed by atoms with van der Waals surface area (Å²) < 4.78 is 2.11. The summed E-state index contributed by atoms with van der Waals surface area (Å²) in [6.07, 6.45) is 5.16. The standard InChI is InChI=1S/C21H22Cl2N6O2/c22-13-7-14(24)19-18(12-8-26-27-9-12)15-10-28(3-4-29(15)21(19)20(13)23)17(31)6-11-1-2-25-16(30)5-11/h7-9,11H,1-6,10,24H2,(H,25,30)(H,26,27). The molecule has 5 rings (SSSR count). The molecule has 2 aliphatic heterocycles. The van der Waals surface area contributed by atoms with Gasteiger partial charge >= 0.3 is 0 Å². The van der Waals surface area contributed by atoms with Crippen LogP contribution >= 0.6 is 23.2 Å². The summed E-state index contributed by atoms with van der Waals surface area (Å²) >= 11 is 12.9. The number of hydrogen-bond donors (Lipinski definition) is 3. The van der Waals surface area contributed by atoms with Gasteiger partial charge in [-0.1, -0.05) is 23.2 Å². The van der Waals surface area contributed by atoms with Crippen molar-refractivity contribution >= 4 is 51.6 Å². The number of nitrogens with one attached hydrogen (secondary N) is 2. The molecular weight excluding hydrogens is 439 g/mol. The molecule has 1 fully saturated rings. The van der Waals surface area contributed by atoms with Crippen molar-refractivity contribution in [1.82, 2.24) is 25.0 Å². The fraction of sp³-hybridized carbons (Fsp3) is 0.381. The first-order chi connectivity index (χ1) is 14.9. The predicted molar refractivity (Wildman–Crippen MR) is 120 cm³/mol. The molecule has 4 N–H and O–H groups in total. The van der Waals surface area contributed by atoms with Crippen LogP contribution in [-0.2, 0) is 22.7 Å². The van der Waals surface area contributed by atoms with Crippen LogP contribution in [0.1, 0.15) is 25.0 Å². The van der Waals surface area contributed by atoms with Crippen LogP contribution in [0.2, 0.25) is 10.0 Å². The Morgan fingerprint density at radius 3 is 2.90 bits per heavy atom. The van der Waals surface area contributed by atoms with Gasteiger partial charge in [0.25, 0.3) is 0 Å². The summed E-state index contributed by atoms with van der Waals surface area (Å²) in [7, 11) is 0. The maximum atomic E-state index is 13.1. The molecule has 2 aliphatic rings. The van der Waals surface area contributed by atoms with Crippen LogP contribution in [0.4, 0.5) is 5.69 Å². The summed E-state index contributed by atoms with van der Waals surface area (Å²) in [6.45, 7) is 2.21. The van der Waals surface area contributed by atoms with E-state index >= 15 is 0 Å². The van der Waals surface area contributed by atoms with Crippen molar-refractivity contribution in [2.45, 2.75) is 32.4 Å². The second-order valence-electron chi connectivity index (χ2n) is 8.17. The summed E-state index contributed by atoms with van der Waals surface area (Å²) in [5.74, 6) is 0.171. The van der Waals surface area contributed by atoms with E-state index in [1.165, 1.54) is 0 Å². The lowest BCUT2D eigenvalue weighted by Crippen LogP contribution is -2.41. The Balaban J connectivity index is 1.54.